The highest BCUT2D eigenvalue weighted by Crippen LogP contribution is 2.23. The summed E-state index contributed by atoms with van der Waals surface area (Å²) in [4.78, 5) is 36.4. The van der Waals surface area contributed by atoms with Crippen LogP contribution in [0.3, 0.4) is 0 Å². The quantitative estimate of drug-likeness (QED) is 0.851. The molecule has 1 aromatic rings. The van der Waals surface area contributed by atoms with Gasteiger partial charge in [0.1, 0.15) is 11.2 Å². The van der Waals surface area contributed by atoms with Crippen LogP contribution in [0.5, 0.6) is 0 Å². The number of benzene rings is 1. The molecule has 5 nitrogen and oxygen atoms in total. The maximum atomic E-state index is 13.1. The van der Waals surface area contributed by atoms with Gasteiger partial charge in [-0.3, -0.25) is 19.8 Å². The number of carbonyl (C=O) groups excluding carboxylic acids is 3. The molecule has 0 saturated carbocycles. The van der Waals surface area contributed by atoms with Crippen molar-refractivity contribution in [2.75, 3.05) is 6.54 Å². The summed E-state index contributed by atoms with van der Waals surface area (Å²) in [6, 6.07) is 5.23. The molecular formula is C14H15FN2O3. The minimum absolute atomic E-state index is 0.102. The van der Waals surface area contributed by atoms with Crippen molar-refractivity contribution in [2.45, 2.75) is 20.3 Å². The summed E-state index contributed by atoms with van der Waals surface area (Å²) in [7, 11) is 0. The van der Waals surface area contributed by atoms with Crippen molar-refractivity contribution < 1.29 is 18.8 Å². The molecule has 0 aliphatic carbocycles. The van der Waals surface area contributed by atoms with Crippen LogP contribution in [0, 0.1) is 11.2 Å². The monoisotopic (exact) mass is 278 g/mol. The van der Waals surface area contributed by atoms with Crippen LogP contribution in [0.4, 0.5) is 9.18 Å². The second-order valence-corrected chi connectivity index (χ2v) is 5.22. The first-order valence-electron chi connectivity index (χ1n) is 6.24. The van der Waals surface area contributed by atoms with Crippen LogP contribution >= 0.6 is 0 Å². The van der Waals surface area contributed by atoms with Crippen molar-refractivity contribution in [3.8, 4) is 0 Å². The molecule has 1 aliphatic rings. The van der Waals surface area contributed by atoms with E-state index in [0.717, 1.165) is 4.90 Å². The van der Waals surface area contributed by atoms with Gasteiger partial charge in [0, 0.05) is 6.54 Å². The average molecular weight is 278 g/mol. The third kappa shape index (κ3) is 2.54. The first kappa shape index (κ1) is 14.2. The molecule has 0 atom stereocenters. The Bertz CT molecular complexity index is 584. The summed E-state index contributed by atoms with van der Waals surface area (Å²) >= 11 is 0. The van der Waals surface area contributed by atoms with E-state index in [2.05, 4.69) is 5.32 Å². The Kier molecular flexibility index (Phi) is 3.57. The fourth-order valence-electron chi connectivity index (χ4n) is 1.98. The van der Waals surface area contributed by atoms with Gasteiger partial charge in [0.05, 0.1) is 0 Å². The number of barbiturate groups is 1. The van der Waals surface area contributed by atoms with E-state index in [1.165, 1.54) is 26.0 Å². The molecule has 1 saturated heterocycles. The van der Waals surface area contributed by atoms with E-state index in [-0.39, 0.29) is 12.4 Å². The van der Waals surface area contributed by atoms with Crippen molar-refractivity contribution in [1.29, 1.82) is 0 Å². The first-order valence-corrected chi connectivity index (χ1v) is 6.24. The second-order valence-electron chi connectivity index (χ2n) is 5.22. The highest BCUT2D eigenvalue weighted by Gasteiger charge is 2.46. The number of amides is 4. The van der Waals surface area contributed by atoms with Crippen LogP contribution in [0.1, 0.15) is 19.4 Å². The van der Waals surface area contributed by atoms with E-state index in [0.29, 0.717) is 12.0 Å². The smallest absolute Gasteiger partial charge is 0.277 e. The zero-order chi connectivity index (χ0) is 14.9. The Morgan fingerprint density at radius 2 is 1.95 bits per heavy atom. The Balaban J connectivity index is 2.10. The fourth-order valence-corrected chi connectivity index (χ4v) is 1.98. The number of hydrogen-bond acceptors (Lipinski definition) is 3. The van der Waals surface area contributed by atoms with Gasteiger partial charge in [-0.2, -0.15) is 0 Å². The summed E-state index contributed by atoms with van der Waals surface area (Å²) in [6.45, 7) is 3.03. The molecule has 106 valence electrons. The molecule has 0 aromatic heterocycles. The third-order valence-corrected chi connectivity index (χ3v) is 3.33. The van der Waals surface area contributed by atoms with Gasteiger partial charge in [-0.15, -0.1) is 0 Å². The second kappa shape index (κ2) is 5.03. The number of urea groups is 1. The Hall–Kier alpha value is -2.24. The summed E-state index contributed by atoms with van der Waals surface area (Å²) in [5, 5.41) is 2.15. The van der Waals surface area contributed by atoms with Crippen LogP contribution < -0.4 is 5.32 Å². The number of hydrogen-bond donors (Lipinski definition) is 1. The van der Waals surface area contributed by atoms with Gasteiger partial charge in [-0.25, -0.2) is 9.18 Å². The molecule has 1 N–H and O–H groups in total. The normalized spacial score (nSPS) is 18.1. The highest BCUT2D eigenvalue weighted by molar-refractivity contribution is 6.18. The van der Waals surface area contributed by atoms with E-state index < -0.39 is 23.3 Å². The number of nitrogens with one attached hydrogen (secondary N) is 1. The van der Waals surface area contributed by atoms with Gasteiger partial charge in [0.2, 0.25) is 11.8 Å². The van der Waals surface area contributed by atoms with Crippen LogP contribution in [-0.2, 0) is 16.0 Å². The molecule has 0 unspecified atom stereocenters. The molecule has 6 heteroatoms. The van der Waals surface area contributed by atoms with Crippen molar-refractivity contribution in [3.05, 3.63) is 35.6 Å². The third-order valence-electron chi connectivity index (χ3n) is 3.33. The number of carbonyl (C=O) groups is 3. The standard InChI is InChI=1S/C14H15FN2O3/c1-14(2)11(18)16-13(20)17(12(14)19)7-6-9-4-3-5-10(15)8-9/h3-5,8H,6-7H2,1-2H3,(H,16,18,20). The molecule has 2 rings (SSSR count). The molecule has 4 amide bonds. The topological polar surface area (TPSA) is 66.5 Å². The predicted molar refractivity (Wildman–Crippen MR) is 69.1 cm³/mol. The Labute approximate surface area is 115 Å². The average Bonchev–Trinajstić information content (AvgIpc) is 2.37. The molecule has 0 bridgehead atoms. The molecule has 1 fully saturated rings. The van der Waals surface area contributed by atoms with Gasteiger partial charge < -0.3 is 0 Å². The first-order chi connectivity index (χ1) is 9.32. The van der Waals surface area contributed by atoms with Crippen molar-refractivity contribution in [2.24, 2.45) is 5.41 Å². The molecular weight excluding hydrogens is 263 g/mol. The molecule has 20 heavy (non-hydrogen) atoms. The molecule has 1 aliphatic heterocycles. The van der Waals surface area contributed by atoms with Crippen LogP contribution in [-0.4, -0.2) is 29.3 Å². The van der Waals surface area contributed by atoms with Gasteiger partial charge >= 0.3 is 6.03 Å². The molecule has 1 aromatic carbocycles. The lowest BCUT2D eigenvalue weighted by molar-refractivity contribution is -0.148. The van der Waals surface area contributed by atoms with Crippen LogP contribution in [0.2, 0.25) is 0 Å². The molecule has 0 radical (unpaired) electrons. The lowest BCUT2D eigenvalue weighted by atomic mass is 9.88. The minimum atomic E-state index is -1.27. The zero-order valence-electron chi connectivity index (χ0n) is 11.3. The number of nitrogens with zero attached hydrogens (tertiary/aromatic N) is 1. The maximum Gasteiger partial charge on any atom is 0.330 e. The Morgan fingerprint density at radius 1 is 1.25 bits per heavy atom. The zero-order valence-corrected chi connectivity index (χ0v) is 11.3. The summed E-state index contributed by atoms with van der Waals surface area (Å²) < 4.78 is 13.1. The lowest BCUT2D eigenvalue weighted by Crippen LogP contribution is -2.62. The van der Waals surface area contributed by atoms with Gasteiger partial charge in [-0.05, 0) is 38.0 Å². The van der Waals surface area contributed by atoms with Gasteiger partial charge in [0.15, 0.2) is 0 Å². The lowest BCUT2D eigenvalue weighted by Gasteiger charge is -2.34. The number of imide groups is 2. The van der Waals surface area contributed by atoms with Gasteiger partial charge in [-0.1, -0.05) is 12.1 Å². The summed E-state index contributed by atoms with van der Waals surface area (Å²) in [5.74, 6) is -1.51. The van der Waals surface area contributed by atoms with Crippen molar-refractivity contribution in [1.82, 2.24) is 10.2 Å². The number of rotatable bonds is 3. The van der Waals surface area contributed by atoms with Crippen LogP contribution in [0.15, 0.2) is 24.3 Å². The predicted octanol–water partition coefficient (Wildman–Crippen LogP) is 1.47. The summed E-state index contributed by atoms with van der Waals surface area (Å²) in [6.07, 6.45) is 0.335. The van der Waals surface area contributed by atoms with Crippen molar-refractivity contribution in [3.63, 3.8) is 0 Å². The Morgan fingerprint density at radius 3 is 2.60 bits per heavy atom. The van der Waals surface area contributed by atoms with E-state index in [4.69, 9.17) is 0 Å². The number of halogens is 1. The summed E-state index contributed by atoms with van der Waals surface area (Å²) in [5.41, 5.74) is -0.587. The minimum Gasteiger partial charge on any atom is -0.277 e. The largest absolute Gasteiger partial charge is 0.330 e. The molecule has 0 spiro atoms. The maximum absolute atomic E-state index is 13.1. The van der Waals surface area contributed by atoms with E-state index >= 15 is 0 Å². The van der Waals surface area contributed by atoms with E-state index in [9.17, 15) is 18.8 Å². The highest BCUT2D eigenvalue weighted by atomic mass is 19.1. The van der Waals surface area contributed by atoms with E-state index in [1.54, 1.807) is 12.1 Å². The SMILES string of the molecule is CC1(C)C(=O)NC(=O)N(CCc2cccc(F)c2)C1=O. The molecule has 1 heterocycles. The van der Waals surface area contributed by atoms with Crippen molar-refractivity contribution >= 4 is 17.8 Å². The fraction of sp³-hybridized carbons (Fsp3) is 0.357. The van der Waals surface area contributed by atoms with E-state index in [1.807, 2.05) is 0 Å². The van der Waals surface area contributed by atoms with Gasteiger partial charge in [0.25, 0.3) is 0 Å². The van der Waals surface area contributed by atoms with Crippen LogP contribution in [0.25, 0.3) is 0 Å².